The van der Waals surface area contributed by atoms with Crippen LogP contribution in [-0.4, -0.2) is 39.5 Å². The molecular formula is C14H24N2O3S. The summed E-state index contributed by atoms with van der Waals surface area (Å²) < 4.78 is 32.1. The number of rotatable bonds is 7. The lowest BCUT2D eigenvalue weighted by molar-refractivity contribution is 0.272. The van der Waals surface area contributed by atoms with E-state index in [0.717, 1.165) is 0 Å². The van der Waals surface area contributed by atoms with Gasteiger partial charge in [-0.1, -0.05) is 32.9 Å². The second-order valence-electron chi connectivity index (χ2n) is 5.45. The third-order valence-electron chi connectivity index (χ3n) is 3.20. The van der Waals surface area contributed by atoms with Gasteiger partial charge in [-0.25, -0.2) is 8.42 Å². The molecule has 0 aromatic heterocycles. The molecule has 6 heteroatoms. The van der Waals surface area contributed by atoms with Gasteiger partial charge in [-0.2, -0.15) is 4.31 Å². The number of hydrogen-bond acceptors (Lipinski definition) is 4. The number of nitrogens with two attached hydrogens (primary N) is 1. The normalized spacial score (nSPS) is 12.7. The number of para-hydroxylation sites is 1. The maximum absolute atomic E-state index is 12.7. The van der Waals surface area contributed by atoms with Crippen LogP contribution >= 0.6 is 0 Å². The molecule has 1 rings (SSSR count). The van der Waals surface area contributed by atoms with Gasteiger partial charge in [0.05, 0.1) is 7.11 Å². The number of hydrogen-bond donors (Lipinski definition) is 1. The second kappa shape index (κ2) is 6.56. The molecule has 0 spiro atoms. The second-order valence-corrected chi connectivity index (χ2v) is 7.36. The molecular weight excluding hydrogens is 276 g/mol. The Balaban J connectivity index is 3.19. The predicted octanol–water partition coefficient (Wildman–Crippen LogP) is 1.69. The van der Waals surface area contributed by atoms with Crippen LogP contribution in [0.1, 0.15) is 20.8 Å². The van der Waals surface area contributed by atoms with Crippen LogP contribution in [0.3, 0.4) is 0 Å². The molecule has 0 aliphatic carbocycles. The van der Waals surface area contributed by atoms with Crippen LogP contribution in [-0.2, 0) is 10.0 Å². The highest BCUT2D eigenvalue weighted by Gasteiger charge is 2.30. The number of ether oxygens (including phenoxy) is 1. The first-order valence-corrected chi connectivity index (χ1v) is 8.05. The zero-order valence-corrected chi connectivity index (χ0v) is 13.4. The van der Waals surface area contributed by atoms with Gasteiger partial charge in [0.15, 0.2) is 0 Å². The maximum Gasteiger partial charge on any atom is 0.246 e. The maximum atomic E-state index is 12.7. The average molecular weight is 300 g/mol. The van der Waals surface area contributed by atoms with Gasteiger partial charge in [-0.05, 0) is 24.1 Å². The summed E-state index contributed by atoms with van der Waals surface area (Å²) in [6.07, 6.45) is 0. The van der Waals surface area contributed by atoms with Crippen LogP contribution in [0.4, 0.5) is 0 Å². The molecule has 1 aromatic carbocycles. The van der Waals surface area contributed by atoms with Crippen molar-refractivity contribution in [3.63, 3.8) is 0 Å². The fourth-order valence-electron chi connectivity index (χ4n) is 1.88. The molecule has 0 radical (unpaired) electrons. The lowest BCUT2D eigenvalue weighted by atomic mass is 9.94. The summed E-state index contributed by atoms with van der Waals surface area (Å²) >= 11 is 0. The Morgan fingerprint density at radius 3 is 2.40 bits per heavy atom. The van der Waals surface area contributed by atoms with E-state index in [-0.39, 0.29) is 10.3 Å². The van der Waals surface area contributed by atoms with Crippen molar-refractivity contribution >= 4 is 10.0 Å². The van der Waals surface area contributed by atoms with E-state index in [9.17, 15) is 8.42 Å². The van der Waals surface area contributed by atoms with Crippen molar-refractivity contribution in [2.45, 2.75) is 25.7 Å². The molecule has 0 atom stereocenters. The highest BCUT2D eigenvalue weighted by Crippen LogP contribution is 2.28. The van der Waals surface area contributed by atoms with E-state index >= 15 is 0 Å². The molecule has 5 nitrogen and oxygen atoms in total. The Hall–Kier alpha value is -1.11. The zero-order valence-electron chi connectivity index (χ0n) is 12.6. The highest BCUT2D eigenvalue weighted by atomic mass is 32.2. The van der Waals surface area contributed by atoms with E-state index < -0.39 is 10.0 Å². The summed E-state index contributed by atoms with van der Waals surface area (Å²) in [5.74, 6) is 0.358. The minimum atomic E-state index is -3.58. The molecule has 20 heavy (non-hydrogen) atoms. The predicted molar refractivity (Wildman–Crippen MR) is 80.3 cm³/mol. The molecule has 0 saturated heterocycles. The number of benzene rings is 1. The van der Waals surface area contributed by atoms with Gasteiger partial charge < -0.3 is 10.5 Å². The number of sulfonamides is 1. The Morgan fingerprint density at radius 1 is 1.30 bits per heavy atom. The SMILES string of the molecule is CCN(CC(C)(C)CN)S(=O)(=O)c1ccccc1OC. The lowest BCUT2D eigenvalue weighted by Gasteiger charge is -2.30. The Morgan fingerprint density at radius 2 is 1.90 bits per heavy atom. The van der Waals surface area contributed by atoms with Gasteiger partial charge in [-0.15, -0.1) is 0 Å². The summed E-state index contributed by atoms with van der Waals surface area (Å²) in [5, 5.41) is 0. The smallest absolute Gasteiger partial charge is 0.246 e. The first-order chi connectivity index (χ1) is 9.28. The van der Waals surface area contributed by atoms with Crippen LogP contribution in [0.25, 0.3) is 0 Å². The van der Waals surface area contributed by atoms with Crippen molar-refractivity contribution in [3.8, 4) is 5.75 Å². The summed E-state index contributed by atoms with van der Waals surface area (Å²) in [4.78, 5) is 0.192. The molecule has 0 bridgehead atoms. The van der Waals surface area contributed by atoms with Crippen LogP contribution in [0.15, 0.2) is 29.2 Å². The van der Waals surface area contributed by atoms with Gasteiger partial charge in [-0.3, -0.25) is 0 Å². The van der Waals surface area contributed by atoms with E-state index in [1.807, 2.05) is 20.8 Å². The first kappa shape index (κ1) is 16.9. The summed E-state index contributed by atoms with van der Waals surface area (Å²) in [5.41, 5.74) is 5.43. The number of methoxy groups -OCH3 is 1. The third kappa shape index (κ3) is 3.71. The summed E-state index contributed by atoms with van der Waals surface area (Å²) in [6.45, 7) is 6.91. The molecule has 1 aromatic rings. The fourth-order valence-corrected chi connectivity index (χ4v) is 3.67. The number of nitrogens with zero attached hydrogens (tertiary/aromatic N) is 1. The molecule has 0 amide bonds. The van der Waals surface area contributed by atoms with E-state index in [2.05, 4.69) is 0 Å². The van der Waals surface area contributed by atoms with Crippen molar-refractivity contribution in [1.29, 1.82) is 0 Å². The van der Waals surface area contributed by atoms with Gasteiger partial charge in [0.25, 0.3) is 0 Å². The Bertz CT molecular complexity index is 541. The minimum absolute atomic E-state index is 0.192. The standard InChI is InChI=1S/C14H24N2O3S/c1-5-16(11-14(2,3)10-15)20(17,18)13-9-7-6-8-12(13)19-4/h6-9H,5,10-11,15H2,1-4H3. The minimum Gasteiger partial charge on any atom is -0.495 e. The van der Waals surface area contributed by atoms with Gasteiger partial charge in [0.2, 0.25) is 10.0 Å². The van der Waals surface area contributed by atoms with E-state index in [4.69, 9.17) is 10.5 Å². The topological polar surface area (TPSA) is 72.6 Å². The highest BCUT2D eigenvalue weighted by molar-refractivity contribution is 7.89. The molecule has 0 unspecified atom stereocenters. The summed E-state index contributed by atoms with van der Waals surface area (Å²) in [6, 6.07) is 6.65. The van der Waals surface area contributed by atoms with Gasteiger partial charge >= 0.3 is 0 Å². The molecule has 114 valence electrons. The van der Waals surface area contributed by atoms with Crippen molar-refractivity contribution in [2.24, 2.45) is 11.1 Å². The van der Waals surface area contributed by atoms with E-state index in [1.54, 1.807) is 24.3 Å². The first-order valence-electron chi connectivity index (χ1n) is 6.61. The zero-order chi connectivity index (χ0) is 15.4. The molecule has 0 aliphatic rings. The van der Waals surface area contributed by atoms with Crippen molar-refractivity contribution in [1.82, 2.24) is 4.31 Å². The van der Waals surface area contributed by atoms with E-state index in [0.29, 0.717) is 25.4 Å². The molecule has 0 heterocycles. The van der Waals surface area contributed by atoms with Crippen LogP contribution < -0.4 is 10.5 Å². The Kier molecular flexibility index (Phi) is 5.56. The summed E-state index contributed by atoms with van der Waals surface area (Å²) in [7, 11) is -2.12. The monoisotopic (exact) mass is 300 g/mol. The van der Waals surface area contributed by atoms with Crippen LogP contribution in [0.2, 0.25) is 0 Å². The Labute approximate surface area is 121 Å². The largest absolute Gasteiger partial charge is 0.495 e. The molecule has 0 aliphatic heterocycles. The van der Waals surface area contributed by atoms with Crippen molar-refractivity contribution in [2.75, 3.05) is 26.7 Å². The third-order valence-corrected chi connectivity index (χ3v) is 5.16. The quantitative estimate of drug-likeness (QED) is 0.831. The molecule has 0 fully saturated rings. The fraction of sp³-hybridized carbons (Fsp3) is 0.571. The lowest BCUT2D eigenvalue weighted by Crippen LogP contribution is -2.42. The molecule has 2 N–H and O–H groups in total. The van der Waals surface area contributed by atoms with Crippen molar-refractivity contribution < 1.29 is 13.2 Å². The average Bonchev–Trinajstić information content (AvgIpc) is 2.44. The van der Waals surface area contributed by atoms with E-state index in [1.165, 1.54) is 11.4 Å². The molecule has 0 saturated carbocycles. The van der Waals surface area contributed by atoms with Crippen molar-refractivity contribution in [3.05, 3.63) is 24.3 Å². The van der Waals surface area contributed by atoms with Crippen LogP contribution in [0.5, 0.6) is 5.75 Å². The van der Waals surface area contributed by atoms with Gasteiger partial charge in [0.1, 0.15) is 10.6 Å². The van der Waals surface area contributed by atoms with Gasteiger partial charge in [0, 0.05) is 13.1 Å². The van der Waals surface area contributed by atoms with Crippen LogP contribution in [0, 0.1) is 5.41 Å².